The summed E-state index contributed by atoms with van der Waals surface area (Å²) in [5.74, 6) is 1.64. The fourth-order valence-corrected chi connectivity index (χ4v) is 3.54. The van der Waals surface area contributed by atoms with Crippen molar-refractivity contribution in [1.82, 2.24) is 5.01 Å². The second-order valence-corrected chi connectivity index (χ2v) is 6.71. The first-order valence-electron chi connectivity index (χ1n) is 9.46. The second kappa shape index (κ2) is 8.32. The highest BCUT2D eigenvalue weighted by atomic mass is 16.5. The van der Waals surface area contributed by atoms with Gasteiger partial charge in [0, 0.05) is 18.6 Å². The van der Waals surface area contributed by atoms with Gasteiger partial charge in [-0.3, -0.25) is 4.79 Å². The number of hydrazone groups is 1. The van der Waals surface area contributed by atoms with Crippen LogP contribution in [0.1, 0.15) is 34.1 Å². The monoisotopic (exact) mass is 406 g/mol. The lowest BCUT2D eigenvalue weighted by molar-refractivity contribution is 0.0707. The van der Waals surface area contributed by atoms with Gasteiger partial charge in [0.1, 0.15) is 17.2 Å². The van der Waals surface area contributed by atoms with Crippen LogP contribution in [0.3, 0.4) is 0 Å². The standard InChI is InChI=1S/C23H22N2O5/c1-27-20-14-22(29-3)21(28-2)12-16(20)23(26)25-18(15-8-5-4-6-9-15)13-17(24-25)19-10-7-11-30-19/h4-12,14,18H,13H2,1-3H3/t18-/m0/s1. The molecule has 1 aliphatic heterocycles. The fraction of sp³-hybridized carbons (Fsp3) is 0.217. The normalized spacial score (nSPS) is 15.6. The highest BCUT2D eigenvalue weighted by Crippen LogP contribution is 2.39. The first-order valence-corrected chi connectivity index (χ1v) is 9.46. The molecule has 0 saturated carbocycles. The van der Waals surface area contributed by atoms with E-state index in [1.165, 1.54) is 26.3 Å². The molecule has 154 valence electrons. The number of rotatable bonds is 6. The summed E-state index contributed by atoms with van der Waals surface area (Å²) < 4.78 is 21.7. The van der Waals surface area contributed by atoms with E-state index in [0.29, 0.717) is 40.7 Å². The van der Waals surface area contributed by atoms with Gasteiger partial charge in [0.05, 0.1) is 39.2 Å². The Kier molecular flexibility index (Phi) is 5.43. The minimum atomic E-state index is -0.303. The van der Waals surface area contributed by atoms with Crippen molar-refractivity contribution in [3.05, 3.63) is 77.7 Å². The van der Waals surface area contributed by atoms with Crippen molar-refractivity contribution >= 4 is 11.6 Å². The zero-order valence-corrected chi connectivity index (χ0v) is 17.0. The average Bonchev–Trinajstić information content (AvgIpc) is 3.48. The van der Waals surface area contributed by atoms with E-state index >= 15 is 0 Å². The van der Waals surface area contributed by atoms with Gasteiger partial charge >= 0.3 is 0 Å². The lowest BCUT2D eigenvalue weighted by atomic mass is 10.0. The molecule has 0 aliphatic carbocycles. The van der Waals surface area contributed by atoms with Crippen molar-refractivity contribution in [3.63, 3.8) is 0 Å². The van der Waals surface area contributed by atoms with Crippen LogP contribution in [0.2, 0.25) is 0 Å². The van der Waals surface area contributed by atoms with Crippen LogP contribution in [-0.2, 0) is 0 Å². The van der Waals surface area contributed by atoms with E-state index in [4.69, 9.17) is 18.6 Å². The molecular formula is C23H22N2O5. The molecule has 1 atom stereocenters. The number of amides is 1. The summed E-state index contributed by atoms with van der Waals surface area (Å²) in [6.07, 6.45) is 2.14. The summed E-state index contributed by atoms with van der Waals surface area (Å²) in [5, 5.41) is 6.10. The van der Waals surface area contributed by atoms with Gasteiger partial charge < -0.3 is 18.6 Å². The number of furan rings is 1. The van der Waals surface area contributed by atoms with Crippen molar-refractivity contribution in [2.24, 2.45) is 5.10 Å². The van der Waals surface area contributed by atoms with E-state index in [2.05, 4.69) is 5.10 Å². The molecule has 0 N–H and O–H groups in total. The van der Waals surface area contributed by atoms with Gasteiger partial charge in [-0.1, -0.05) is 30.3 Å². The number of hydrogen-bond acceptors (Lipinski definition) is 6. The van der Waals surface area contributed by atoms with Crippen LogP contribution in [0.15, 0.2) is 70.4 Å². The molecule has 0 radical (unpaired) electrons. The molecule has 1 amide bonds. The van der Waals surface area contributed by atoms with E-state index in [1.807, 2.05) is 36.4 Å². The molecule has 3 aromatic rings. The molecule has 30 heavy (non-hydrogen) atoms. The van der Waals surface area contributed by atoms with Crippen LogP contribution in [-0.4, -0.2) is 38.0 Å². The Bertz CT molecular complexity index is 1060. The van der Waals surface area contributed by atoms with Crippen LogP contribution < -0.4 is 14.2 Å². The van der Waals surface area contributed by atoms with Gasteiger partial charge in [-0.25, -0.2) is 5.01 Å². The zero-order valence-electron chi connectivity index (χ0n) is 17.0. The van der Waals surface area contributed by atoms with E-state index in [-0.39, 0.29) is 11.9 Å². The predicted octanol–water partition coefficient (Wildman–Crippen LogP) is 4.30. The van der Waals surface area contributed by atoms with Crippen LogP contribution in [0.25, 0.3) is 0 Å². The van der Waals surface area contributed by atoms with Crippen LogP contribution in [0.5, 0.6) is 17.2 Å². The lowest BCUT2D eigenvalue weighted by Crippen LogP contribution is -2.27. The van der Waals surface area contributed by atoms with Crippen molar-refractivity contribution in [3.8, 4) is 17.2 Å². The van der Waals surface area contributed by atoms with Crippen LogP contribution >= 0.6 is 0 Å². The largest absolute Gasteiger partial charge is 0.496 e. The van der Waals surface area contributed by atoms with Crippen molar-refractivity contribution in [2.45, 2.75) is 12.5 Å². The number of nitrogens with zero attached hydrogens (tertiary/aromatic N) is 2. The molecule has 2 aromatic carbocycles. The van der Waals surface area contributed by atoms with Crippen LogP contribution in [0.4, 0.5) is 0 Å². The number of carbonyl (C=O) groups excluding carboxylic acids is 1. The van der Waals surface area contributed by atoms with Crippen molar-refractivity contribution in [2.75, 3.05) is 21.3 Å². The molecular weight excluding hydrogens is 384 g/mol. The SMILES string of the molecule is COc1cc(OC)c(C(=O)N2N=C(c3ccco3)C[C@H]2c2ccccc2)cc1OC. The van der Waals surface area contributed by atoms with Gasteiger partial charge in [0.25, 0.3) is 5.91 Å². The maximum absolute atomic E-state index is 13.6. The van der Waals surface area contributed by atoms with Crippen LogP contribution in [0, 0.1) is 0 Å². The quantitative estimate of drug-likeness (QED) is 0.610. The third-order valence-corrected chi connectivity index (χ3v) is 5.04. The summed E-state index contributed by atoms with van der Waals surface area (Å²) in [6, 6.07) is 16.4. The summed E-state index contributed by atoms with van der Waals surface area (Å²) in [5.41, 5.74) is 2.03. The first-order chi connectivity index (χ1) is 14.7. The predicted molar refractivity (Wildman–Crippen MR) is 111 cm³/mol. The zero-order chi connectivity index (χ0) is 21.1. The molecule has 0 fully saturated rings. The average molecular weight is 406 g/mol. The third kappa shape index (κ3) is 3.50. The molecule has 4 rings (SSSR count). The van der Waals surface area contributed by atoms with E-state index in [0.717, 1.165) is 5.56 Å². The maximum atomic E-state index is 13.6. The van der Waals surface area contributed by atoms with Gasteiger partial charge in [-0.05, 0) is 17.7 Å². The molecule has 0 unspecified atom stereocenters. The molecule has 0 spiro atoms. The summed E-state index contributed by atoms with van der Waals surface area (Å²) in [7, 11) is 4.56. The molecule has 0 saturated heterocycles. The number of hydrogen-bond donors (Lipinski definition) is 0. The first kappa shape index (κ1) is 19.6. The minimum Gasteiger partial charge on any atom is -0.496 e. The number of methoxy groups -OCH3 is 3. The summed E-state index contributed by atoms with van der Waals surface area (Å²) in [6.45, 7) is 0. The molecule has 2 heterocycles. The highest BCUT2D eigenvalue weighted by molar-refractivity contribution is 6.04. The topological polar surface area (TPSA) is 73.5 Å². The molecule has 7 heteroatoms. The van der Waals surface area contributed by atoms with Gasteiger partial charge in [-0.15, -0.1) is 0 Å². The van der Waals surface area contributed by atoms with Crippen molar-refractivity contribution < 1.29 is 23.4 Å². The Hall–Kier alpha value is -3.74. The summed E-state index contributed by atoms with van der Waals surface area (Å²) in [4.78, 5) is 13.6. The Morgan fingerprint density at radius 1 is 0.967 bits per heavy atom. The van der Waals surface area contributed by atoms with E-state index < -0.39 is 0 Å². The molecule has 1 aromatic heterocycles. The number of carbonyl (C=O) groups is 1. The number of ether oxygens (including phenoxy) is 3. The van der Waals surface area contributed by atoms with Gasteiger partial charge in [-0.2, -0.15) is 5.10 Å². The Morgan fingerprint density at radius 2 is 1.67 bits per heavy atom. The number of benzene rings is 2. The summed E-state index contributed by atoms with van der Waals surface area (Å²) >= 11 is 0. The lowest BCUT2D eigenvalue weighted by Gasteiger charge is -2.23. The smallest absolute Gasteiger partial charge is 0.278 e. The van der Waals surface area contributed by atoms with E-state index in [9.17, 15) is 4.79 Å². The second-order valence-electron chi connectivity index (χ2n) is 6.71. The van der Waals surface area contributed by atoms with Gasteiger partial charge in [0.2, 0.25) is 0 Å². The maximum Gasteiger partial charge on any atom is 0.278 e. The Morgan fingerprint density at radius 3 is 2.30 bits per heavy atom. The third-order valence-electron chi connectivity index (χ3n) is 5.04. The fourth-order valence-electron chi connectivity index (χ4n) is 3.54. The van der Waals surface area contributed by atoms with Gasteiger partial charge in [0.15, 0.2) is 11.5 Å². The van der Waals surface area contributed by atoms with E-state index in [1.54, 1.807) is 24.5 Å². The highest BCUT2D eigenvalue weighted by Gasteiger charge is 2.36. The molecule has 0 bridgehead atoms. The minimum absolute atomic E-state index is 0.267. The van der Waals surface area contributed by atoms with Crippen molar-refractivity contribution in [1.29, 1.82) is 0 Å². The Balaban J connectivity index is 1.78. The molecule has 1 aliphatic rings. The Labute approximate surface area is 174 Å². The molecule has 7 nitrogen and oxygen atoms in total.